The van der Waals surface area contributed by atoms with Gasteiger partial charge in [-0.25, -0.2) is 9.69 Å². The summed E-state index contributed by atoms with van der Waals surface area (Å²) in [6.45, 7) is 1.69. The number of carbonyl (C=O) groups is 1. The molecule has 0 N–H and O–H groups in total. The van der Waals surface area contributed by atoms with Gasteiger partial charge in [-0.1, -0.05) is 5.92 Å². The summed E-state index contributed by atoms with van der Waals surface area (Å²) in [6.07, 6.45) is -0.332. The number of hydrogen-bond acceptors (Lipinski definition) is 3. The molecule has 12 heavy (non-hydrogen) atoms. The Hall–Kier alpha value is -1.21. The maximum Gasteiger partial charge on any atom is 0.421 e. The largest absolute Gasteiger partial charge is 0.447 e. The topological polar surface area (TPSA) is 32.8 Å². The SMILES string of the molecule is CN(C)CC#CN1CCOC1=O. The second-order valence-corrected chi connectivity index (χ2v) is 2.79. The third-order valence-corrected chi connectivity index (χ3v) is 1.37. The number of cyclic esters (lactones) is 1. The van der Waals surface area contributed by atoms with E-state index < -0.39 is 0 Å². The van der Waals surface area contributed by atoms with Crippen molar-refractivity contribution in [3.05, 3.63) is 0 Å². The lowest BCUT2D eigenvalue weighted by atomic mass is 10.6. The number of ether oxygens (including phenoxy) is 1. The van der Waals surface area contributed by atoms with Crippen LogP contribution >= 0.6 is 0 Å². The van der Waals surface area contributed by atoms with E-state index >= 15 is 0 Å². The van der Waals surface area contributed by atoms with E-state index in [1.165, 1.54) is 4.90 Å². The fourth-order valence-electron chi connectivity index (χ4n) is 0.784. The maximum absolute atomic E-state index is 10.8. The lowest BCUT2D eigenvalue weighted by Gasteiger charge is -2.03. The van der Waals surface area contributed by atoms with Gasteiger partial charge in [-0.05, 0) is 14.1 Å². The maximum atomic E-state index is 10.8. The van der Waals surface area contributed by atoms with Crippen LogP contribution in [0.25, 0.3) is 0 Å². The lowest BCUT2D eigenvalue weighted by molar-refractivity contribution is 0.167. The van der Waals surface area contributed by atoms with E-state index in [9.17, 15) is 4.79 Å². The highest BCUT2D eigenvalue weighted by molar-refractivity contribution is 5.71. The molecule has 0 aliphatic carbocycles. The molecule has 0 spiro atoms. The first-order valence-corrected chi connectivity index (χ1v) is 3.77. The number of amides is 1. The number of nitrogens with zero attached hydrogens (tertiary/aromatic N) is 2. The van der Waals surface area contributed by atoms with Crippen molar-refractivity contribution in [2.24, 2.45) is 0 Å². The number of hydrogen-bond donors (Lipinski definition) is 0. The fraction of sp³-hybridized carbons (Fsp3) is 0.625. The van der Waals surface area contributed by atoms with Crippen LogP contribution in [0.5, 0.6) is 0 Å². The zero-order valence-electron chi connectivity index (χ0n) is 7.33. The Morgan fingerprint density at radius 2 is 2.42 bits per heavy atom. The summed E-state index contributed by atoms with van der Waals surface area (Å²) in [6, 6.07) is 2.73. The van der Waals surface area contributed by atoms with Crippen LogP contribution < -0.4 is 0 Å². The van der Waals surface area contributed by atoms with Crippen LogP contribution in [0.15, 0.2) is 0 Å². The summed E-state index contributed by atoms with van der Waals surface area (Å²) < 4.78 is 4.69. The van der Waals surface area contributed by atoms with Crippen LogP contribution in [-0.4, -0.2) is 49.7 Å². The predicted octanol–water partition coefficient (Wildman–Crippen LogP) is -0.0389. The Morgan fingerprint density at radius 1 is 1.67 bits per heavy atom. The molecular weight excluding hydrogens is 156 g/mol. The fourth-order valence-corrected chi connectivity index (χ4v) is 0.784. The molecule has 4 heteroatoms. The van der Waals surface area contributed by atoms with Crippen molar-refractivity contribution < 1.29 is 9.53 Å². The standard InChI is InChI=1S/C8H12N2O2/c1-9(2)4-3-5-10-6-7-12-8(10)11/h4,6-7H2,1-2H3. The Balaban J connectivity index is 2.37. The molecule has 0 atom stereocenters. The van der Waals surface area contributed by atoms with Crippen LogP contribution in [0, 0.1) is 12.0 Å². The van der Waals surface area contributed by atoms with E-state index in [2.05, 4.69) is 12.0 Å². The average Bonchev–Trinajstić information content (AvgIpc) is 2.36. The van der Waals surface area contributed by atoms with Gasteiger partial charge in [0, 0.05) is 6.04 Å². The Morgan fingerprint density at radius 3 is 2.92 bits per heavy atom. The summed E-state index contributed by atoms with van der Waals surface area (Å²) in [5.74, 6) is 2.86. The monoisotopic (exact) mass is 168 g/mol. The van der Waals surface area contributed by atoms with Gasteiger partial charge >= 0.3 is 6.09 Å². The van der Waals surface area contributed by atoms with Gasteiger partial charge in [0.2, 0.25) is 0 Å². The second kappa shape index (κ2) is 3.98. The highest BCUT2D eigenvalue weighted by atomic mass is 16.6. The Bertz CT molecular complexity index is 227. The summed E-state index contributed by atoms with van der Waals surface area (Å²) >= 11 is 0. The molecule has 1 aliphatic heterocycles. The molecule has 4 nitrogen and oxygen atoms in total. The van der Waals surface area contributed by atoms with Gasteiger partial charge in [0.05, 0.1) is 13.1 Å². The van der Waals surface area contributed by atoms with Crippen LogP contribution in [0.1, 0.15) is 0 Å². The quantitative estimate of drug-likeness (QED) is 0.515. The Kier molecular flexibility index (Phi) is 2.94. The van der Waals surface area contributed by atoms with Crippen LogP contribution in [0.3, 0.4) is 0 Å². The van der Waals surface area contributed by atoms with Crippen molar-refractivity contribution in [1.29, 1.82) is 0 Å². The molecule has 0 unspecified atom stereocenters. The van der Waals surface area contributed by atoms with Gasteiger partial charge in [0.15, 0.2) is 0 Å². The summed E-state index contributed by atoms with van der Waals surface area (Å²) in [5.41, 5.74) is 0. The molecule has 0 aromatic rings. The van der Waals surface area contributed by atoms with Gasteiger partial charge < -0.3 is 4.74 Å². The number of rotatable bonds is 1. The van der Waals surface area contributed by atoms with Gasteiger partial charge in [0.25, 0.3) is 0 Å². The van der Waals surface area contributed by atoms with Crippen molar-refractivity contribution in [3.63, 3.8) is 0 Å². The molecule has 0 radical (unpaired) electrons. The van der Waals surface area contributed by atoms with E-state index in [0.717, 1.165) is 0 Å². The molecule has 66 valence electrons. The first-order valence-electron chi connectivity index (χ1n) is 3.77. The van der Waals surface area contributed by atoms with E-state index in [0.29, 0.717) is 19.7 Å². The minimum atomic E-state index is -0.332. The zero-order valence-corrected chi connectivity index (χ0v) is 7.33. The first-order chi connectivity index (χ1) is 5.70. The first kappa shape index (κ1) is 8.88. The minimum absolute atomic E-state index is 0.332. The lowest BCUT2D eigenvalue weighted by Crippen LogP contribution is -2.19. The van der Waals surface area contributed by atoms with Gasteiger partial charge in [0.1, 0.15) is 6.61 Å². The summed E-state index contributed by atoms with van der Waals surface area (Å²) in [7, 11) is 3.86. The zero-order chi connectivity index (χ0) is 8.97. The molecule has 1 saturated heterocycles. The number of carbonyl (C=O) groups excluding carboxylic acids is 1. The highest BCUT2D eigenvalue weighted by Gasteiger charge is 2.19. The third-order valence-electron chi connectivity index (χ3n) is 1.37. The van der Waals surface area contributed by atoms with Gasteiger partial charge in [-0.2, -0.15) is 0 Å². The van der Waals surface area contributed by atoms with E-state index in [4.69, 9.17) is 4.74 Å². The molecule has 1 fully saturated rings. The normalized spacial score (nSPS) is 15.9. The van der Waals surface area contributed by atoms with Crippen LogP contribution in [0.4, 0.5) is 4.79 Å². The molecule has 0 bridgehead atoms. The smallest absolute Gasteiger partial charge is 0.421 e. The summed E-state index contributed by atoms with van der Waals surface area (Å²) in [4.78, 5) is 14.2. The third kappa shape index (κ3) is 2.44. The van der Waals surface area contributed by atoms with Crippen LogP contribution in [-0.2, 0) is 4.74 Å². The average molecular weight is 168 g/mol. The molecule has 0 saturated carbocycles. The van der Waals surface area contributed by atoms with E-state index in [1.54, 1.807) is 0 Å². The molecular formula is C8H12N2O2. The molecule has 0 aromatic heterocycles. The minimum Gasteiger partial charge on any atom is -0.447 e. The predicted molar refractivity (Wildman–Crippen MR) is 44.4 cm³/mol. The van der Waals surface area contributed by atoms with E-state index in [-0.39, 0.29) is 6.09 Å². The summed E-state index contributed by atoms with van der Waals surface area (Å²) in [5, 5.41) is 0. The molecule has 1 rings (SSSR count). The van der Waals surface area contributed by atoms with Gasteiger partial charge in [-0.15, -0.1) is 0 Å². The van der Waals surface area contributed by atoms with Crippen molar-refractivity contribution in [3.8, 4) is 12.0 Å². The molecule has 1 aliphatic rings. The van der Waals surface area contributed by atoms with Gasteiger partial charge in [-0.3, -0.25) is 4.90 Å². The molecule has 0 aromatic carbocycles. The highest BCUT2D eigenvalue weighted by Crippen LogP contribution is 1.99. The molecule has 1 amide bonds. The van der Waals surface area contributed by atoms with Crippen molar-refractivity contribution >= 4 is 6.09 Å². The van der Waals surface area contributed by atoms with Crippen molar-refractivity contribution in [2.75, 3.05) is 33.8 Å². The van der Waals surface area contributed by atoms with Crippen molar-refractivity contribution in [1.82, 2.24) is 9.80 Å². The Labute approximate surface area is 72.1 Å². The molecule has 1 heterocycles. The van der Waals surface area contributed by atoms with Crippen molar-refractivity contribution in [2.45, 2.75) is 0 Å². The second-order valence-electron chi connectivity index (χ2n) is 2.79. The van der Waals surface area contributed by atoms with Crippen LogP contribution in [0.2, 0.25) is 0 Å². The van der Waals surface area contributed by atoms with E-state index in [1.807, 2.05) is 19.0 Å².